The van der Waals surface area contributed by atoms with E-state index in [0.29, 0.717) is 38.4 Å². The highest BCUT2D eigenvalue weighted by atomic mass is 16.2. The summed E-state index contributed by atoms with van der Waals surface area (Å²) in [6.07, 6.45) is 0.830. The van der Waals surface area contributed by atoms with Crippen LogP contribution in [0.5, 0.6) is 0 Å². The predicted molar refractivity (Wildman–Crippen MR) is 90.8 cm³/mol. The standard InChI is InChI=1S/C18H27N3O2/c1-13(2)10-17(22)20-9-8-18(23)21-11-15(16(19)12-21)14-6-4-3-5-7-14/h3-7,13,15-16H,8-12,19H2,1-2H3,(H,20,22)/t15-,16+/m0/s1. The van der Waals surface area contributed by atoms with E-state index in [1.165, 1.54) is 5.56 Å². The molecule has 1 aliphatic rings. The molecule has 0 aliphatic carbocycles. The van der Waals surface area contributed by atoms with Gasteiger partial charge in [0, 0.05) is 44.4 Å². The second-order valence-electron chi connectivity index (χ2n) is 6.68. The first-order valence-electron chi connectivity index (χ1n) is 8.32. The highest BCUT2D eigenvalue weighted by Crippen LogP contribution is 2.26. The maximum atomic E-state index is 12.3. The van der Waals surface area contributed by atoms with Gasteiger partial charge in [-0.3, -0.25) is 9.59 Å². The molecule has 0 bridgehead atoms. The molecule has 0 radical (unpaired) electrons. The quantitative estimate of drug-likeness (QED) is 0.835. The maximum absolute atomic E-state index is 12.3. The first kappa shape index (κ1) is 17.5. The Hall–Kier alpha value is -1.88. The van der Waals surface area contributed by atoms with Crippen molar-refractivity contribution in [2.24, 2.45) is 11.7 Å². The van der Waals surface area contributed by atoms with E-state index in [4.69, 9.17) is 5.73 Å². The van der Waals surface area contributed by atoms with Crippen LogP contribution in [0, 0.1) is 5.92 Å². The van der Waals surface area contributed by atoms with Gasteiger partial charge in [0.25, 0.3) is 0 Å². The van der Waals surface area contributed by atoms with Gasteiger partial charge in [-0.1, -0.05) is 44.2 Å². The van der Waals surface area contributed by atoms with Gasteiger partial charge in [0.2, 0.25) is 11.8 Å². The van der Waals surface area contributed by atoms with Crippen molar-refractivity contribution >= 4 is 11.8 Å². The first-order valence-corrected chi connectivity index (χ1v) is 8.32. The Morgan fingerprint density at radius 3 is 2.61 bits per heavy atom. The summed E-state index contributed by atoms with van der Waals surface area (Å²) in [5, 5.41) is 2.80. The smallest absolute Gasteiger partial charge is 0.224 e. The van der Waals surface area contributed by atoms with Crippen molar-refractivity contribution in [1.82, 2.24) is 10.2 Å². The summed E-state index contributed by atoms with van der Waals surface area (Å²) in [4.78, 5) is 25.7. The molecular weight excluding hydrogens is 290 g/mol. The molecule has 3 N–H and O–H groups in total. The van der Waals surface area contributed by atoms with Crippen LogP contribution in [0.3, 0.4) is 0 Å². The lowest BCUT2D eigenvalue weighted by atomic mass is 9.95. The van der Waals surface area contributed by atoms with Gasteiger partial charge < -0.3 is 16.0 Å². The van der Waals surface area contributed by atoms with E-state index in [1.807, 2.05) is 36.9 Å². The molecule has 2 rings (SSSR count). The lowest BCUT2D eigenvalue weighted by Gasteiger charge is -2.17. The van der Waals surface area contributed by atoms with Crippen LogP contribution in [0.2, 0.25) is 0 Å². The topological polar surface area (TPSA) is 75.4 Å². The van der Waals surface area contributed by atoms with Crippen LogP contribution in [0.4, 0.5) is 0 Å². The summed E-state index contributed by atoms with van der Waals surface area (Å²) in [5.41, 5.74) is 7.39. The molecule has 2 amide bonds. The Bertz CT molecular complexity index is 530. The lowest BCUT2D eigenvalue weighted by molar-refractivity contribution is -0.130. The minimum Gasteiger partial charge on any atom is -0.356 e. The SMILES string of the molecule is CC(C)CC(=O)NCCC(=O)N1C[C@@H](N)[C@H](c2ccccc2)C1. The van der Waals surface area contributed by atoms with Crippen molar-refractivity contribution < 1.29 is 9.59 Å². The van der Waals surface area contributed by atoms with Gasteiger partial charge in [0.05, 0.1) is 0 Å². The van der Waals surface area contributed by atoms with E-state index in [0.717, 1.165) is 0 Å². The second-order valence-corrected chi connectivity index (χ2v) is 6.68. The number of rotatable bonds is 6. The first-order chi connectivity index (χ1) is 11.0. The van der Waals surface area contributed by atoms with Crippen molar-refractivity contribution in [2.75, 3.05) is 19.6 Å². The van der Waals surface area contributed by atoms with Gasteiger partial charge in [0.1, 0.15) is 0 Å². The Balaban J connectivity index is 1.79. The minimum atomic E-state index is -0.0307. The Morgan fingerprint density at radius 1 is 1.26 bits per heavy atom. The van der Waals surface area contributed by atoms with E-state index in [2.05, 4.69) is 17.4 Å². The number of benzene rings is 1. The van der Waals surface area contributed by atoms with Crippen LogP contribution >= 0.6 is 0 Å². The molecular formula is C18H27N3O2. The number of carbonyl (C=O) groups excluding carboxylic acids is 2. The molecule has 1 heterocycles. The highest BCUT2D eigenvalue weighted by molar-refractivity contribution is 5.79. The average molecular weight is 317 g/mol. The Labute approximate surface area is 138 Å². The molecule has 1 aliphatic heterocycles. The number of hydrogen-bond acceptors (Lipinski definition) is 3. The molecule has 0 unspecified atom stereocenters. The molecule has 126 valence electrons. The van der Waals surface area contributed by atoms with E-state index in [-0.39, 0.29) is 23.8 Å². The summed E-state index contributed by atoms with van der Waals surface area (Å²) in [7, 11) is 0. The Kier molecular flexibility index (Phi) is 6.16. The molecule has 5 heteroatoms. The molecule has 2 atom stereocenters. The maximum Gasteiger partial charge on any atom is 0.224 e. The number of nitrogens with zero attached hydrogens (tertiary/aromatic N) is 1. The molecule has 0 aromatic heterocycles. The summed E-state index contributed by atoms with van der Waals surface area (Å²) >= 11 is 0. The highest BCUT2D eigenvalue weighted by Gasteiger charge is 2.33. The second kappa shape index (κ2) is 8.11. The third-order valence-corrected chi connectivity index (χ3v) is 4.20. The average Bonchev–Trinajstić information content (AvgIpc) is 2.89. The van der Waals surface area contributed by atoms with Gasteiger partial charge in [-0.25, -0.2) is 0 Å². The number of carbonyl (C=O) groups is 2. The van der Waals surface area contributed by atoms with Crippen molar-refractivity contribution in [3.63, 3.8) is 0 Å². The number of nitrogens with two attached hydrogens (primary N) is 1. The minimum absolute atomic E-state index is 0.00749. The fourth-order valence-electron chi connectivity index (χ4n) is 3.00. The molecule has 23 heavy (non-hydrogen) atoms. The summed E-state index contributed by atoms with van der Waals surface area (Å²) in [6, 6.07) is 10.1. The van der Waals surface area contributed by atoms with Crippen LogP contribution in [-0.2, 0) is 9.59 Å². The van der Waals surface area contributed by atoms with Crippen LogP contribution in [0.25, 0.3) is 0 Å². The van der Waals surface area contributed by atoms with Gasteiger partial charge in [-0.05, 0) is 11.5 Å². The summed E-state index contributed by atoms with van der Waals surface area (Å²) in [5.74, 6) is 0.585. The third-order valence-electron chi connectivity index (χ3n) is 4.20. The van der Waals surface area contributed by atoms with Gasteiger partial charge in [0.15, 0.2) is 0 Å². The van der Waals surface area contributed by atoms with Crippen LogP contribution in [-0.4, -0.2) is 42.4 Å². The summed E-state index contributed by atoms with van der Waals surface area (Å²) in [6.45, 7) is 5.63. The van der Waals surface area contributed by atoms with Gasteiger partial charge in [-0.2, -0.15) is 0 Å². The van der Waals surface area contributed by atoms with E-state index >= 15 is 0 Å². The molecule has 1 fully saturated rings. The monoisotopic (exact) mass is 317 g/mol. The molecule has 0 spiro atoms. The molecule has 1 saturated heterocycles. The zero-order chi connectivity index (χ0) is 16.8. The molecule has 1 aromatic carbocycles. The lowest BCUT2D eigenvalue weighted by Crippen LogP contribution is -2.35. The van der Waals surface area contributed by atoms with E-state index < -0.39 is 0 Å². The van der Waals surface area contributed by atoms with Gasteiger partial charge >= 0.3 is 0 Å². The fraction of sp³-hybridized carbons (Fsp3) is 0.556. The molecule has 1 aromatic rings. The van der Waals surface area contributed by atoms with Crippen molar-refractivity contribution in [3.8, 4) is 0 Å². The third kappa shape index (κ3) is 5.06. The molecule has 0 saturated carbocycles. The van der Waals surface area contributed by atoms with Crippen molar-refractivity contribution in [1.29, 1.82) is 0 Å². The predicted octanol–water partition coefficient (Wildman–Crippen LogP) is 1.49. The van der Waals surface area contributed by atoms with Crippen molar-refractivity contribution in [3.05, 3.63) is 35.9 Å². The van der Waals surface area contributed by atoms with E-state index in [9.17, 15) is 9.59 Å². The Morgan fingerprint density at radius 2 is 1.96 bits per heavy atom. The van der Waals surface area contributed by atoms with Gasteiger partial charge in [-0.15, -0.1) is 0 Å². The number of nitrogens with one attached hydrogen (secondary N) is 1. The zero-order valence-electron chi connectivity index (χ0n) is 14.0. The van der Waals surface area contributed by atoms with Crippen LogP contribution in [0.1, 0.15) is 38.2 Å². The van der Waals surface area contributed by atoms with Crippen LogP contribution < -0.4 is 11.1 Å². The zero-order valence-corrected chi connectivity index (χ0v) is 14.0. The number of likely N-dealkylation sites (tertiary alicyclic amines) is 1. The fourth-order valence-corrected chi connectivity index (χ4v) is 3.00. The van der Waals surface area contributed by atoms with Crippen molar-refractivity contribution in [2.45, 2.75) is 38.6 Å². The normalized spacial score (nSPS) is 20.8. The number of hydrogen-bond donors (Lipinski definition) is 2. The van der Waals surface area contributed by atoms with Crippen LogP contribution in [0.15, 0.2) is 30.3 Å². The molecule has 5 nitrogen and oxygen atoms in total. The largest absolute Gasteiger partial charge is 0.356 e. The number of amides is 2. The van der Waals surface area contributed by atoms with E-state index in [1.54, 1.807) is 0 Å². The summed E-state index contributed by atoms with van der Waals surface area (Å²) < 4.78 is 0.